The molecule has 2 N–H and O–H groups in total. The monoisotopic (exact) mass is 337 g/mol. The molecular formula is C15H16BrNOS. The summed E-state index contributed by atoms with van der Waals surface area (Å²) in [6, 6.07) is 10.5. The van der Waals surface area contributed by atoms with Crippen LogP contribution in [-0.4, -0.2) is 11.7 Å². The summed E-state index contributed by atoms with van der Waals surface area (Å²) in [4.78, 5) is 1.41. The topological polar surface area (TPSA) is 32.3 Å². The van der Waals surface area contributed by atoms with E-state index in [9.17, 15) is 5.11 Å². The first kappa shape index (κ1) is 13.2. The van der Waals surface area contributed by atoms with Crippen LogP contribution in [0.25, 0.3) is 0 Å². The molecule has 1 heterocycles. The van der Waals surface area contributed by atoms with Crippen LogP contribution in [0.1, 0.15) is 28.5 Å². The summed E-state index contributed by atoms with van der Waals surface area (Å²) in [6.45, 7) is 0.998. The third-order valence-corrected chi connectivity index (χ3v) is 5.28. The molecule has 0 saturated heterocycles. The van der Waals surface area contributed by atoms with Crippen molar-refractivity contribution >= 4 is 27.3 Å². The lowest BCUT2D eigenvalue weighted by Gasteiger charge is -2.13. The molecule has 100 valence electrons. The van der Waals surface area contributed by atoms with Gasteiger partial charge in [-0.3, -0.25) is 0 Å². The molecule has 1 aliphatic rings. The van der Waals surface area contributed by atoms with Crippen LogP contribution in [0.5, 0.6) is 5.75 Å². The predicted octanol–water partition coefficient (Wildman–Crippen LogP) is 4.04. The van der Waals surface area contributed by atoms with Crippen molar-refractivity contribution in [3.05, 3.63) is 50.1 Å². The number of hydrogen-bond acceptors (Lipinski definition) is 3. The van der Waals surface area contributed by atoms with Gasteiger partial charge in [0.25, 0.3) is 0 Å². The summed E-state index contributed by atoms with van der Waals surface area (Å²) < 4.78 is 1.20. The molecule has 0 fully saturated rings. The van der Waals surface area contributed by atoms with Gasteiger partial charge in [0.05, 0.1) is 3.79 Å². The van der Waals surface area contributed by atoms with Crippen LogP contribution >= 0.6 is 27.3 Å². The van der Waals surface area contributed by atoms with Crippen molar-refractivity contribution in [2.75, 3.05) is 6.54 Å². The number of fused-ring (bicyclic) bond motifs is 1. The summed E-state index contributed by atoms with van der Waals surface area (Å²) in [6.07, 6.45) is 3.26. The van der Waals surface area contributed by atoms with Crippen LogP contribution in [0.3, 0.4) is 0 Å². The zero-order valence-electron chi connectivity index (χ0n) is 10.5. The summed E-state index contributed by atoms with van der Waals surface area (Å²) >= 11 is 5.29. The van der Waals surface area contributed by atoms with Gasteiger partial charge in [-0.25, -0.2) is 0 Å². The summed E-state index contributed by atoms with van der Waals surface area (Å²) in [5.74, 6) is 0.378. The molecule has 0 bridgehead atoms. The second-order valence-electron chi connectivity index (χ2n) is 4.88. The van der Waals surface area contributed by atoms with Gasteiger partial charge in [0.15, 0.2) is 0 Å². The first-order valence-corrected chi connectivity index (χ1v) is 8.13. The van der Waals surface area contributed by atoms with E-state index >= 15 is 0 Å². The Bertz CT molecular complexity index is 581. The molecule has 1 atom stereocenters. The quantitative estimate of drug-likeness (QED) is 0.882. The third-order valence-electron chi connectivity index (χ3n) is 3.60. The maximum absolute atomic E-state index is 9.49. The van der Waals surface area contributed by atoms with Crippen LogP contribution in [-0.2, 0) is 12.8 Å². The number of phenolic OH excluding ortho intramolecular Hbond substituents is 1. The summed E-state index contributed by atoms with van der Waals surface area (Å²) in [5, 5.41) is 13.1. The number of thiophene rings is 1. The first-order valence-electron chi connectivity index (χ1n) is 6.52. The number of benzene rings is 1. The molecule has 1 aliphatic carbocycles. The first-order chi connectivity index (χ1) is 9.22. The van der Waals surface area contributed by atoms with E-state index in [-0.39, 0.29) is 0 Å². The van der Waals surface area contributed by atoms with Crippen molar-refractivity contribution in [1.29, 1.82) is 0 Å². The Balaban J connectivity index is 1.58. The highest BCUT2D eigenvalue weighted by atomic mass is 79.9. The van der Waals surface area contributed by atoms with E-state index in [1.165, 1.54) is 19.8 Å². The lowest BCUT2D eigenvalue weighted by atomic mass is 10.1. The Morgan fingerprint density at radius 2 is 2.21 bits per heavy atom. The molecule has 0 radical (unpaired) electrons. The zero-order chi connectivity index (χ0) is 13.2. The van der Waals surface area contributed by atoms with Crippen molar-refractivity contribution in [2.45, 2.75) is 25.3 Å². The molecule has 4 heteroatoms. The Kier molecular flexibility index (Phi) is 3.91. The molecule has 0 amide bonds. The fourth-order valence-corrected chi connectivity index (χ4v) is 4.15. The van der Waals surface area contributed by atoms with Crippen molar-refractivity contribution in [2.24, 2.45) is 0 Å². The van der Waals surface area contributed by atoms with Gasteiger partial charge in [-0.2, -0.15) is 0 Å². The van der Waals surface area contributed by atoms with Crippen molar-refractivity contribution in [3.8, 4) is 5.75 Å². The zero-order valence-corrected chi connectivity index (χ0v) is 12.9. The molecule has 1 aromatic carbocycles. The minimum Gasteiger partial charge on any atom is -0.508 e. The molecule has 2 nitrogen and oxygen atoms in total. The highest BCUT2D eigenvalue weighted by molar-refractivity contribution is 9.11. The maximum atomic E-state index is 9.49. The maximum Gasteiger partial charge on any atom is 0.115 e. The minimum atomic E-state index is 0.378. The second kappa shape index (κ2) is 5.65. The number of aryl methyl sites for hydroxylation is 1. The van der Waals surface area contributed by atoms with E-state index in [1.54, 1.807) is 17.4 Å². The van der Waals surface area contributed by atoms with Gasteiger partial charge < -0.3 is 10.4 Å². The Morgan fingerprint density at radius 3 is 3.00 bits per heavy atom. The van der Waals surface area contributed by atoms with Crippen LogP contribution in [0.4, 0.5) is 0 Å². The lowest BCUT2D eigenvalue weighted by Crippen LogP contribution is -2.21. The number of phenols is 1. The smallest absolute Gasteiger partial charge is 0.115 e. The highest BCUT2D eigenvalue weighted by Crippen LogP contribution is 2.33. The fourth-order valence-electron chi connectivity index (χ4n) is 2.67. The van der Waals surface area contributed by atoms with Gasteiger partial charge in [0.1, 0.15) is 5.75 Å². The molecule has 1 unspecified atom stereocenters. The number of nitrogens with one attached hydrogen (secondary N) is 1. The molecule has 0 spiro atoms. The number of aromatic hydroxyl groups is 1. The lowest BCUT2D eigenvalue weighted by molar-refractivity contribution is 0.474. The van der Waals surface area contributed by atoms with E-state index in [2.05, 4.69) is 39.4 Å². The van der Waals surface area contributed by atoms with Crippen molar-refractivity contribution < 1.29 is 5.11 Å². The van der Waals surface area contributed by atoms with Crippen LogP contribution in [0.2, 0.25) is 0 Å². The number of halogens is 1. The number of hydrogen-bond donors (Lipinski definition) is 2. The molecular weight excluding hydrogens is 322 g/mol. The van der Waals surface area contributed by atoms with Gasteiger partial charge in [-0.1, -0.05) is 6.07 Å². The van der Waals surface area contributed by atoms with Crippen molar-refractivity contribution in [1.82, 2.24) is 5.32 Å². The molecule has 3 rings (SSSR count). The Hall–Kier alpha value is -0.840. The van der Waals surface area contributed by atoms with Crippen LogP contribution < -0.4 is 5.32 Å². The van der Waals surface area contributed by atoms with E-state index in [0.717, 1.165) is 25.8 Å². The van der Waals surface area contributed by atoms with Gasteiger partial charge >= 0.3 is 0 Å². The average molecular weight is 338 g/mol. The van der Waals surface area contributed by atoms with E-state index in [4.69, 9.17) is 0 Å². The van der Waals surface area contributed by atoms with Crippen molar-refractivity contribution in [3.63, 3.8) is 0 Å². The average Bonchev–Trinajstić information content (AvgIpc) is 2.96. The standard InChI is InChI=1S/C15H16BrNOS/c16-15-6-3-12(19-15)7-8-17-14-5-1-10-9-11(18)2-4-13(10)14/h2-4,6,9,14,17-18H,1,5,7-8H2. The van der Waals surface area contributed by atoms with Gasteiger partial charge in [0.2, 0.25) is 0 Å². The molecule has 1 aromatic heterocycles. The van der Waals surface area contributed by atoms with E-state index in [0.29, 0.717) is 11.8 Å². The van der Waals surface area contributed by atoms with Crippen LogP contribution in [0.15, 0.2) is 34.1 Å². The predicted molar refractivity (Wildman–Crippen MR) is 82.9 cm³/mol. The SMILES string of the molecule is Oc1ccc2c(c1)CCC2NCCc1ccc(Br)s1. The number of rotatable bonds is 4. The Morgan fingerprint density at radius 1 is 1.32 bits per heavy atom. The van der Waals surface area contributed by atoms with Gasteiger partial charge in [0, 0.05) is 17.5 Å². The molecule has 19 heavy (non-hydrogen) atoms. The molecule has 0 aliphatic heterocycles. The van der Waals surface area contributed by atoms with E-state index in [1.807, 2.05) is 6.07 Å². The third kappa shape index (κ3) is 3.02. The minimum absolute atomic E-state index is 0.378. The largest absolute Gasteiger partial charge is 0.508 e. The second-order valence-corrected chi connectivity index (χ2v) is 7.43. The Labute approximate surface area is 125 Å². The summed E-state index contributed by atoms with van der Waals surface area (Å²) in [7, 11) is 0. The van der Waals surface area contributed by atoms with Crippen LogP contribution in [0, 0.1) is 0 Å². The van der Waals surface area contributed by atoms with Gasteiger partial charge in [-0.15, -0.1) is 11.3 Å². The van der Waals surface area contributed by atoms with Gasteiger partial charge in [-0.05, 0) is 70.6 Å². The molecule has 0 saturated carbocycles. The summed E-state index contributed by atoms with van der Waals surface area (Å²) in [5.41, 5.74) is 2.64. The molecule has 2 aromatic rings. The highest BCUT2D eigenvalue weighted by Gasteiger charge is 2.21. The fraction of sp³-hybridized carbons (Fsp3) is 0.333. The normalized spacial score (nSPS) is 17.6. The van der Waals surface area contributed by atoms with E-state index < -0.39 is 0 Å².